The van der Waals surface area contributed by atoms with Crippen molar-refractivity contribution < 1.29 is 26.7 Å². The van der Waals surface area contributed by atoms with E-state index >= 15 is 0 Å². The molecule has 31 heavy (non-hydrogen) atoms. The first-order valence-electron chi connectivity index (χ1n) is 9.52. The minimum absolute atomic E-state index is 0.0985. The SMILES string of the molecule is Cc1nn(-c2[nH]c(C(F)(F)F)c(F)c(=O)c2F)c2cnc(N3CCOCC34CC4)cc12. The van der Waals surface area contributed by atoms with Crippen LogP contribution in [0, 0.1) is 18.6 Å². The highest BCUT2D eigenvalue weighted by Crippen LogP contribution is 2.45. The summed E-state index contributed by atoms with van der Waals surface area (Å²) < 4.78 is 74.0. The van der Waals surface area contributed by atoms with Gasteiger partial charge in [-0.1, -0.05) is 0 Å². The molecule has 2 aliphatic rings. The summed E-state index contributed by atoms with van der Waals surface area (Å²) >= 11 is 0. The number of H-pyrrole nitrogens is 1. The van der Waals surface area contributed by atoms with Crippen molar-refractivity contribution in [3.05, 3.63) is 45.5 Å². The summed E-state index contributed by atoms with van der Waals surface area (Å²) in [7, 11) is 0. The number of hydrogen-bond donors (Lipinski definition) is 1. The smallest absolute Gasteiger partial charge is 0.377 e. The van der Waals surface area contributed by atoms with Crippen molar-refractivity contribution in [3.8, 4) is 5.82 Å². The third kappa shape index (κ3) is 2.99. The van der Waals surface area contributed by atoms with Crippen molar-refractivity contribution >= 4 is 16.7 Å². The molecule has 1 N–H and O–H groups in total. The minimum Gasteiger partial charge on any atom is -0.377 e. The van der Waals surface area contributed by atoms with Crippen LogP contribution in [0.15, 0.2) is 17.1 Å². The second-order valence-corrected chi connectivity index (χ2v) is 7.79. The molecule has 1 saturated heterocycles. The average Bonchev–Trinajstić information content (AvgIpc) is 3.41. The molecule has 4 heterocycles. The lowest BCUT2D eigenvalue weighted by atomic mass is 10.2. The van der Waals surface area contributed by atoms with Crippen molar-refractivity contribution in [2.75, 3.05) is 24.7 Å². The molecule has 5 rings (SSSR count). The van der Waals surface area contributed by atoms with Crippen LogP contribution in [-0.2, 0) is 10.9 Å². The van der Waals surface area contributed by atoms with Gasteiger partial charge in [-0.25, -0.2) is 14.1 Å². The molecule has 0 atom stereocenters. The lowest BCUT2D eigenvalue weighted by molar-refractivity contribution is -0.143. The van der Waals surface area contributed by atoms with Crippen LogP contribution in [0.4, 0.5) is 27.8 Å². The van der Waals surface area contributed by atoms with Crippen LogP contribution in [0.5, 0.6) is 0 Å². The molecule has 164 valence electrons. The molecule has 0 unspecified atom stereocenters. The molecule has 0 amide bonds. The van der Waals surface area contributed by atoms with Gasteiger partial charge in [-0.05, 0) is 25.8 Å². The molecule has 1 aliphatic carbocycles. The van der Waals surface area contributed by atoms with E-state index in [1.807, 2.05) is 0 Å². The fourth-order valence-corrected chi connectivity index (χ4v) is 4.01. The van der Waals surface area contributed by atoms with Gasteiger partial charge in [0.1, 0.15) is 5.82 Å². The van der Waals surface area contributed by atoms with Crippen LogP contribution < -0.4 is 10.3 Å². The predicted octanol–water partition coefficient (Wildman–Crippen LogP) is 3.08. The third-order valence-electron chi connectivity index (χ3n) is 5.81. The number of nitrogens with zero attached hydrogens (tertiary/aromatic N) is 4. The largest absolute Gasteiger partial charge is 0.434 e. The van der Waals surface area contributed by atoms with E-state index < -0.39 is 34.8 Å². The number of nitrogens with one attached hydrogen (secondary N) is 1. The van der Waals surface area contributed by atoms with Crippen molar-refractivity contribution in [3.63, 3.8) is 0 Å². The van der Waals surface area contributed by atoms with Crippen LogP contribution in [0.25, 0.3) is 16.7 Å². The number of halogens is 5. The summed E-state index contributed by atoms with van der Waals surface area (Å²) in [5.74, 6) is -4.19. The Bertz CT molecular complexity index is 1260. The number of aromatic nitrogens is 4. The van der Waals surface area contributed by atoms with E-state index in [1.165, 1.54) is 6.20 Å². The molecular weight excluding hydrogens is 425 g/mol. The summed E-state index contributed by atoms with van der Waals surface area (Å²) in [6.45, 7) is 3.37. The number of ether oxygens (including phenoxy) is 1. The molecule has 0 aromatic carbocycles. The molecule has 7 nitrogen and oxygen atoms in total. The lowest BCUT2D eigenvalue weighted by Gasteiger charge is -2.37. The van der Waals surface area contributed by atoms with Crippen LogP contribution >= 0.6 is 0 Å². The van der Waals surface area contributed by atoms with Gasteiger partial charge >= 0.3 is 6.18 Å². The number of fused-ring (bicyclic) bond motifs is 1. The molecule has 12 heteroatoms. The minimum atomic E-state index is -5.22. The fourth-order valence-electron chi connectivity index (χ4n) is 4.01. The van der Waals surface area contributed by atoms with Crippen LogP contribution in [-0.4, -0.2) is 45.0 Å². The Morgan fingerprint density at radius 2 is 1.97 bits per heavy atom. The molecule has 3 aromatic rings. The monoisotopic (exact) mass is 441 g/mol. The molecule has 0 radical (unpaired) electrons. The van der Waals surface area contributed by atoms with E-state index in [1.54, 1.807) is 18.0 Å². The number of pyridine rings is 2. The fraction of sp³-hybridized carbons (Fsp3) is 0.421. The normalized spacial score (nSPS) is 18.2. The van der Waals surface area contributed by atoms with Gasteiger partial charge in [0, 0.05) is 11.9 Å². The highest BCUT2D eigenvalue weighted by molar-refractivity contribution is 5.85. The molecule has 0 bridgehead atoms. The van der Waals surface area contributed by atoms with Gasteiger partial charge < -0.3 is 14.6 Å². The standard InChI is InChI=1S/C19H16F5N5O2/c1-9-10-6-12(28-4-5-31-8-18(28)2-3-18)25-7-11(10)29(27-9)17-14(21)15(30)13(20)16(26-17)19(22,23)24/h6-7H,2-5,8H2,1H3,(H,26,30). The summed E-state index contributed by atoms with van der Waals surface area (Å²) in [5.41, 5.74) is -3.50. The van der Waals surface area contributed by atoms with E-state index in [9.17, 15) is 26.7 Å². The first-order valence-corrected chi connectivity index (χ1v) is 9.52. The molecule has 2 fully saturated rings. The molecule has 1 saturated carbocycles. The number of rotatable bonds is 2. The topological polar surface area (TPSA) is 76.0 Å². The van der Waals surface area contributed by atoms with Gasteiger partial charge in [-0.3, -0.25) is 4.79 Å². The Balaban J connectivity index is 1.66. The number of hydrogen-bond acceptors (Lipinski definition) is 5. The zero-order chi connectivity index (χ0) is 22.1. The number of alkyl halides is 3. The van der Waals surface area contributed by atoms with Crippen LogP contribution in [0.2, 0.25) is 0 Å². The predicted molar refractivity (Wildman–Crippen MR) is 99.3 cm³/mol. The lowest BCUT2D eigenvalue weighted by Crippen LogP contribution is -2.48. The summed E-state index contributed by atoms with van der Waals surface area (Å²) in [4.78, 5) is 20.0. The maximum absolute atomic E-state index is 14.5. The van der Waals surface area contributed by atoms with Crippen molar-refractivity contribution in [1.29, 1.82) is 0 Å². The number of aromatic amines is 1. The zero-order valence-corrected chi connectivity index (χ0v) is 16.2. The second-order valence-electron chi connectivity index (χ2n) is 7.79. The van der Waals surface area contributed by atoms with Gasteiger partial charge in [0.15, 0.2) is 11.5 Å². The quantitative estimate of drug-likeness (QED) is 0.619. The first kappa shape index (κ1) is 19.9. The number of aryl methyl sites for hydroxylation is 1. The van der Waals surface area contributed by atoms with E-state index in [-0.39, 0.29) is 11.1 Å². The summed E-state index contributed by atoms with van der Waals surface area (Å²) in [6, 6.07) is 1.73. The highest BCUT2D eigenvalue weighted by Gasteiger charge is 2.50. The molecule has 3 aromatic heterocycles. The molecule has 1 aliphatic heterocycles. The maximum Gasteiger partial charge on any atom is 0.434 e. The number of morpholine rings is 1. The van der Waals surface area contributed by atoms with E-state index in [4.69, 9.17) is 4.74 Å². The Morgan fingerprint density at radius 3 is 2.65 bits per heavy atom. The van der Waals surface area contributed by atoms with Gasteiger partial charge in [-0.15, -0.1) is 0 Å². The van der Waals surface area contributed by atoms with Crippen molar-refractivity contribution in [2.45, 2.75) is 31.5 Å². The maximum atomic E-state index is 14.5. The zero-order valence-electron chi connectivity index (χ0n) is 16.2. The molecular formula is C19H16F5N5O2. The summed E-state index contributed by atoms with van der Waals surface area (Å²) in [6.07, 6.45) is -1.94. The van der Waals surface area contributed by atoms with Gasteiger partial charge in [0.05, 0.1) is 36.2 Å². The van der Waals surface area contributed by atoms with E-state index in [0.717, 1.165) is 17.5 Å². The van der Waals surface area contributed by atoms with Gasteiger partial charge in [-0.2, -0.15) is 22.7 Å². The van der Waals surface area contributed by atoms with Crippen LogP contribution in [0.1, 0.15) is 24.2 Å². The molecule has 1 spiro atoms. The summed E-state index contributed by atoms with van der Waals surface area (Å²) in [5, 5.41) is 4.61. The highest BCUT2D eigenvalue weighted by atomic mass is 19.4. The Morgan fingerprint density at radius 1 is 1.23 bits per heavy atom. The Hall–Kier alpha value is -3.02. The second kappa shape index (κ2) is 6.49. The Kier molecular flexibility index (Phi) is 4.17. The van der Waals surface area contributed by atoms with E-state index in [2.05, 4.69) is 15.0 Å². The third-order valence-corrected chi connectivity index (χ3v) is 5.81. The van der Waals surface area contributed by atoms with Crippen LogP contribution in [0.3, 0.4) is 0 Å². The van der Waals surface area contributed by atoms with Gasteiger partial charge in [0.25, 0.3) is 5.43 Å². The first-order chi connectivity index (χ1) is 14.6. The van der Waals surface area contributed by atoms with Crippen molar-refractivity contribution in [1.82, 2.24) is 19.7 Å². The number of anilines is 1. The van der Waals surface area contributed by atoms with Crippen molar-refractivity contribution in [2.24, 2.45) is 0 Å². The average molecular weight is 441 g/mol. The van der Waals surface area contributed by atoms with Gasteiger partial charge in [0.2, 0.25) is 11.6 Å². The Labute approximate surface area is 171 Å². The van der Waals surface area contributed by atoms with E-state index in [0.29, 0.717) is 36.7 Å².